The minimum absolute atomic E-state index is 0.178. The highest BCUT2D eigenvalue weighted by molar-refractivity contribution is 5.91. The van der Waals surface area contributed by atoms with Gasteiger partial charge in [-0.25, -0.2) is 9.48 Å². The maximum absolute atomic E-state index is 13.0. The molecule has 1 unspecified atom stereocenters. The average Bonchev–Trinajstić information content (AvgIpc) is 3.08. The largest absolute Gasteiger partial charge is 0.486 e. The van der Waals surface area contributed by atoms with Gasteiger partial charge in [-0.15, -0.1) is 5.10 Å². The number of amides is 1. The van der Waals surface area contributed by atoms with E-state index in [1.54, 1.807) is 4.90 Å². The van der Waals surface area contributed by atoms with Gasteiger partial charge < -0.3 is 14.4 Å². The molecular formula is C22H22N4O4. The number of fused-ring (bicyclic) bond motifs is 2. The maximum atomic E-state index is 13.0. The van der Waals surface area contributed by atoms with Crippen molar-refractivity contribution in [2.75, 3.05) is 13.2 Å². The second-order valence-electron chi connectivity index (χ2n) is 7.59. The van der Waals surface area contributed by atoms with Crippen molar-refractivity contribution in [1.82, 2.24) is 19.2 Å². The van der Waals surface area contributed by atoms with E-state index in [9.17, 15) is 9.59 Å². The van der Waals surface area contributed by atoms with Crippen molar-refractivity contribution in [1.29, 1.82) is 0 Å². The monoisotopic (exact) mass is 406 g/mol. The molecule has 3 aromatic rings. The minimum atomic E-state index is -0.354. The Morgan fingerprint density at radius 2 is 1.80 bits per heavy atom. The molecule has 8 nitrogen and oxygen atoms in total. The van der Waals surface area contributed by atoms with E-state index in [0.29, 0.717) is 37.7 Å². The lowest BCUT2D eigenvalue weighted by Crippen LogP contribution is -2.43. The van der Waals surface area contributed by atoms with Gasteiger partial charge in [-0.3, -0.25) is 9.36 Å². The van der Waals surface area contributed by atoms with Crippen LogP contribution in [0.1, 0.15) is 21.7 Å². The lowest BCUT2D eigenvalue weighted by molar-refractivity contribution is 0.0678. The van der Waals surface area contributed by atoms with E-state index in [4.69, 9.17) is 9.47 Å². The van der Waals surface area contributed by atoms with E-state index in [1.165, 1.54) is 9.25 Å². The Morgan fingerprint density at radius 3 is 2.63 bits per heavy atom. The normalized spacial score (nSPS) is 17.7. The van der Waals surface area contributed by atoms with Crippen molar-refractivity contribution in [2.24, 2.45) is 0 Å². The lowest BCUT2D eigenvalue weighted by Gasteiger charge is -2.27. The molecule has 0 radical (unpaired) electrons. The summed E-state index contributed by atoms with van der Waals surface area (Å²) in [5.74, 6) is 1.28. The first-order valence-electron chi connectivity index (χ1n) is 10.00. The van der Waals surface area contributed by atoms with Gasteiger partial charge in [-0.2, -0.15) is 0 Å². The van der Waals surface area contributed by atoms with Gasteiger partial charge in [-0.1, -0.05) is 36.4 Å². The highest BCUT2D eigenvalue weighted by Gasteiger charge is 2.31. The third-order valence-corrected chi connectivity index (χ3v) is 5.56. The van der Waals surface area contributed by atoms with Gasteiger partial charge in [0.15, 0.2) is 17.6 Å². The molecule has 0 fully saturated rings. The van der Waals surface area contributed by atoms with E-state index in [2.05, 4.69) is 5.10 Å². The van der Waals surface area contributed by atoms with Crippen LogP contribution in [-0.2, 0) is 19.6 Å². The second kappa shape index (κ2) is 7.37. The highest BCUT2D eigenvalue weighted by Crippen LogP contribution is 2.31. The summed E-state index contributed by atoms with van der Waals surface area (Å²) < 4.78 is 14.4. The molecule has 154 valence electrons. The van der Waals surface area contributed by atoms with Gasteiger partial charge in [0.05, 0.1) is 6.54 Å². The van der Waals surface area contributed by atoms with Crippen LogP contribution >= 0.6 is 0 Å². The summed E-state index contributed by atoms with van der Waals surface area (Å²) in [5.41, 5.74) is 1.93. The first-order chi connectivity index (χ1) is 14.6. The molecule has 5 rings (SSSR count). The lowest BCUT2D eigenvalue weighted by atomic mass is 10.1. The van der Waals surface area contributed by atoms with Crippen LogP contribution in [0.5, 0.6) is 11.5 Å². The second-order valence-corrected chi connectivity index (χ2v) is 7.59. The van der Waals surface area contributed by atoms with E-state index < -0.39 is 0 Å². The van der Waals surface area contributed by atoms with Gasteiger partial charge in [0.1, 0.15) is 6.61 Å². The van der Waals surface area contributed by atoms with E-state index in [1.807, 2.05) is 55.5 Å². The van der Waals surface area contributed by atoms with Crippen LogP contribution in [0, 0.1) is 6.92 Å². The standard InChI is InChI=1S/C22H22N4O4/c1-15-6-2-3-7-16(15)12-24-10-11-25-20(21(24)27)23-26(22(25)28)13-17-14-29-18-8-4-5-9-19(18)30-17/h2-9,17H,10-14H2,1H3. The van der Waals surface area contributed by atoms with Crippen molar-refractivity contribution in [3.63, 3.8) is 0 Å². The molecule has 1 aromatic heterocycles. The zero-order chi connectivity index (χ0) is 20.7. The van der Waals surface area contributed by atoms with Crippen LogP contribution in [0.25, 0.3) is 0 Å². The molecule has 1 atom stereocenters. The number of benzene rings is 2. The van der Waals surface area contributed by atoms with E-state index >= 15 is 0 Å². The summed E-state index contributed by atoms with van der Waals surface area (Å²) in [5, 5.41) is 4.34. The van der Waals surface area contributed by atoms with Gasteiger partial charge >= 0.3 is 5.69 Å². The number of ether oxygens (including phenoxy) is 2. The van der Waals surface area contributed by atoms with Gasteiger partial charge in [0, 0.05) is 19.6 Å². The summed E-state index contributed by atoms with van der Waals surface area (Å²) in [6, 6.07) is 15.4. The third-order valence-electron chi connectivity index (χ3n) is 5.56. The number of para-hydroxylation sites is 2. The molecule has 8 heteroatoms. The summed E-state index contributed by atoms with van der Waals surface area (Å²) in [4.78, 5) is 27.5. The molecule has 0 aliphatic carbocycles. The molecular weight excluding hydrogens is 384 g/mol. The molecule has 0 spiro atoms. The van der Waals surface area contributed by atoms with E-state index in [0.717, 1.165) is 11.1 Å². The molecule has 0 bridgehead atoms. The Hall–Kier alpha value is -3.55. The van der Waals surface area contributed by atoms with Crippen molar-refractivity contribution >= 4 is 5.91 Å². The topological polar surface area (TPSA) is 78.6 Å². The minimum Gasteiger partial charge on any atom is -0.486 e. The Bertz CT molecular complexity index is 1170. The zero-order valence-electron chi connectivity index (χ0n) is 16.7. The molecule has 2 aromatic carbocycles. The molecule has 0 N–H and O–H groups in total. The van der Waals surface area contributed by atoms with Gasteiger partial charge in [-0.05, 0) is 30.2 Å². The predicted molar refractivity (Wildman–Crippen MR) is 109 cm³/mol. The third kappa shape index (κ3) is 3.24. The Morgan fingerprint density at radius 1 is 1.03 bits per heavy atom. The number of hydrogen-bond donors (Lipinski definition) is 0. The number of hydrogen-bond acceptors (Lipinski definition) is 5. The number of aryl methyl sites for hydroxylation is 1. The van der Waals surface area contributed by atoms with E-state index in [-0.39, 0.29) is 30.1 Å². The fourth-order valence-electron chi connectivity index (χ4n) is 3.87. The van der Waals surface area contributed by atoms with Crippen molar-refractivity contribution < 1.29 is 14.3 Å². The van der Waals surface area contributed by atoms with Crippen molar-refractivity contribution in [3.8, 4) is 11.5 Å². The van der Waals surface area contributed by atoms with Crippen LogP contribution in [-0.4, -0.2) is 44.4 Å². The Kier molecular flexibility index (Phi) is 4.54. The summed E-state index contributed by atoms with van der Waals surface area (Å²) in [7, 11) is 0. The van der Waals surface area contributed by atoms with Gasteiger partial charge in [0.2, 0.25) is 5.82 Å². The van der Waals surface area contributed by atoms with Crippen molar-refractivity contribution in [2.45, 2.75) is 32.7 Å². The molecule has 2 aliphatic heterocycles. The number of aromatic nitrogens is 3. The Balaban J connectivity index is 1.34. The highest BCUT2D eigenvalue weighted by atomic mass is 16.6. The fourth-order valence-corrected chi connectivity index (χ4v) is 3.87. The van der Waals surface area contributed by atoms with Crippen LogP contribution in [0.2, 0.25) is 0 Å². The summed E-state index contributed by atoms with van der Waals surface area (Å²) in [6.45, 7) is 3.97. The molecule has 2 aliphatic rings. The average molecular weight is 406 g/mol. The number of nitrogens with zero attached hydrogens (tertiary/aromatic N) is 4. The zero-order valence-corrected chi connectivity index (χ0v) is 16.7. The first kappa shape index (κ1) is 18.5. The smallest absolute Gasteiger partial charge is 0.346 e. The van der Waals surface area contributed by atoms with Crippen LogP contribution in [0.15, 0.2) is 53.3 Å². The predicted octanol–water partition coefficient (Wildman–Crippen LogP) is 1.85. The first-order valence-corrected chi connectivity index (χ1v) is 10.00. The van der Waals surface area contributed by atoms with Crippen molar-refractivity contribution in [3.05, 3.63) is 76.0 Å². The van der Waals surface area contributed by atoms with Crippen LogP contribution < -0.4 is 15.2 Å². The summed E-state index contributed by atoms with van der Waals surface area (Å²) in [6.07, 6.45) is -0.354. The fraction of sp³-hybridized carbons (Fsp3) is 0.318. The van der Waals surface area contributed by atoms with Gasteiger partial charge in [0.25, 0.3) is 5.91 Å². The number of carbonyl (C=O) groups is 1. The maximum Gasteiger partial charge on any atom is 0.346 e. The molecule has 0 saturated carbocycles. The summed E-state index contributed by atoms with van der Waals surface area (Å²) >= 11 is 0. The molecule has 1 amide bonds. The number of rotatable bonds is 4. The van der Waals surface area contributed by atoms with Crippen LogP contribution in [0.4, 0.5) is 0 Å². The van der Waals surface area contributed by atoms with Crippen LogP contribution in [0.3, 0.4) is 0 Å². The Labute approximate surface area is 173 Å². The SMILES string of the molecule is Cc1ccccc1CN1CCn2c(nn(CC3COc4ccccc4O3)c2=O)C1=O. The molecule has 3 heterocycles. The quantitative estimate of drug-likeness (QED) is 0.661. The molecule has 30 heavy (non-hydrogen) atoms. The molecule has 0 saturated heterocycles. The number of carbonyl (C=O) groups excluding carboxylic acids is 1.